The molecule has 0 aliphatic rings. The molecule has 6 nitrogen and oxygen atoms in total. The molecule has 0 bridgehead atoms. The SMILES string of the molecule is O.O.O=S(=O)([O-])c1cccnc1.[Na+]. The van der Waals surface area contributed by atoms with E-state index in [1.165, 1.54) is 18.3 Å². The Labute approximate surface area is 97.7 Å². The van der Waals surface area contributed by atoms with Crippen molar-refractivity contribution in [2.75, 3.05) is 0 Å². The second-order valence-corrected chi connectivity index (χ2v) is 3.02. The Morgan fingerprint density at radius 3 is 2.08 bits per heavy atom. The van der Waals surface area contributed by atoms with Crippen LogP contribution in [0, 0.1) is 0 Å². The molecule has 0 saturated carbocycles. The maximum Gasteiger partial charge on any atom is 1.00 e. The molecule has 0 aliphatic carbocycles. The van der Waals surface area contributed by atoms with E-state index in [1.807, 2.05) is 0 Å². The zero-order valence-electron chi connectivity index (χ0n) is 6.89. The van der Waals surface area contributed by atoms with Crippen LogP contribution in [-0.2, 0) is 10.1 Å². The summed E-state index contributed by atoms with van der Waals surface area (Å²) in [4.78, 5) is 3.18. The van der Waals surface area contributed by atoms with Gasteiger partial charge in [-0.15, -0.1) is 0 Å². The topological polar surface area (TPSA) is 133 Å². The van der Waals surface area contributed by atoms with E-state index < -0.39 is 10.1 Å². The third-order valence-electron chi connectivity index (χ3n) is 0.923. The predicted molar refractivity (Wildman–Crippen MR) is 39.4 cm³/mol. The molecule has 0 aliphatic heterocycles. The Kier molecular flexibility index (Phi) is 10.6. The summed E-state index contributed by atoms with van der Waals surface area (Å²) < 4.78 is 30.7. The second-order valence-electron chi connectivity index (χ2n) is 1.64. The van der Waals surface area contributed by atoms with Gasteiger partial charge >= 0.3 is 29.6 Å². The van der Waals surface area contributed by atoms with Crippen molar-refractivity contribution in [3.8, 4) is 0 Å². The van der Waals surface area contributed by atoms with Crippen molar-refractivity contribution in [1.29, 1.82) is 0 Å². The summed E-state index contributed by atoms with van der Waals surface area (Å²) in [5.74, 6) is 0. The number of aromatic nitrogens is 1. The summed E-state index contributed by atoms with van der Waals surface area (Å²) in [6, 6.07) is 2.60. The molecule has 1 rings (SSSR count). The summed E-state index contributed by atoms with van der Waals surface area (Å²) in [5, 5.41) is 0. The van der Waals surface area contributed by atoms with Gasteiger partial charge in [0.25, 0.3) is 0 Å². The molecule has 1 heterocycles. The van der Waals surface area contributed by atoms with Crippen LogP contribution in [0.5, 0.6) is 0 Å². The van der Waals surface area contributed by atoms with E-state index in [9.17, 15) is 13.0 Å². The molecule has 0 spiro atoms. The molecule has 70 valence electrons. The van der Waals surface area contributed by atoms with Crippen LogP contribution >= 0.6 is 0 Å². The van der Waals surface area contributed by atoms with Crippen LogP contribution < -0.4 is 29.6 Å². The van der Waals surface area contributed by atoms with Crippen molar-refractivity contribution in [3.63, 3.8) is 0 Å². The zero-order valence-corrected chi connectivity index (χ0v) is 9.71. The predicted octanol–water partition coefficient (Wildman–Crippen LogP) is -4.66. The Morgan fingerprint density at radius 2 is 1.85 bits per heavy atom. The summed E-state index contributed by atoms with van der Waals surface area (Å²) >= 11 is 0. The molecule has 0 radical (unpaired) electrons. The molecule has 0 atom stereocenters. The van der Waals surface area contributed by atoms with Crippen molar-refractivity contribution in [2.45, 2.75) is 4.90 Å². The molecule has 13 heavy (non-hydrogen) atoms. The third kappa shape index (κ3) is 6.11. The first-order valence-corrected chi connectivity index (χ1v) is 3.87. The minimum Gasteiger partial charge on any atom is -0.744 e. The van der Waals surface area contributed by atoms with Gasteiger partial charge in [-0.2, -0.15) is 0 Å². The van der Waals surface area contributed by atoms with Crippen molar-refractivity contribution in [3.05, 3.63) is 24.5 Å². The van der Waals surface area contributed by atoms with Gasteiger partial charge in [-0.25, -0.2) is 8.42 Å². The van der Waals surface area contributed by atoms with Crippen LogP contribution in [0.1, 0.15) is 0 Å². The van der Waals surface area contributed by atoms with E-state index in [0.29, 0.717) is 0 Å². The van der Waals surface area contributed by atoms with Gasteiger partial charge in [-0.1, -0.05) is 0 Å². The Morgan fingerprint density at radius 1 is 1.31 bits per heavy atom. The number of nitrogens with zero attached hydrogens (tertiary/aromatic N) is 1. The Balaban J connectivity index is -0.000000333. The number of rotatable bonds is 1. The maximum absolute atomic E-state index is 10.2. The van der Waals surface area contributed by atoms with Crippen molar-refractivity contribution in [2.24, 2.45) is 0 Å². The van der Waals surface area contributed by atoms with Gasteiger partial charge in [0.2, 0.25) is 0 Å². The van der Waals surface area contributed by atoms with Gasteiger partial charge in [0.15, 0.2) is 0 Å². The molecule has 1 aromatic heterocycles. The molecule has 0 amide bonds. The molecule has 4 N–H and O–H groups in total. The Bertz CT molecular complexity index is 313. The second kappa shape index (κ2) is 7.39. The van der Waals surface area contributed by atoms with Crippen LogP contribution in [0.15, 0.2) is 29.4 Å². The van der Waals surface area contributed by atoms with Gasteiger partial charge in [0.1, 0.15) is 10.1 Å². The fourth-order valence-electron chi connectivity index (χ4n) is 0.495. The average molecular weight is 217 g/mol. The van der Waals surface area contributed by atoms with Crippen molar-refractivity contribution >= 4 is 10.1 Å². The number of pyridine rings is 1. The fraction of sp³-hybridized carbons (Fsp3) is 0. The van der Waals surface area contributed by atoms with Gasteiger partial charge < -0.3 is 15.5 Å². The van der Waals surface area contributed by atoms with E-state index in [4.69, 9.17) is 0 Å². The molecular weight excluding hydrogens is 209 g/mol. The van der Waals surface area contributed by atoms with Gasteiger partial charge in [-0.3, -0.25) is 4.98 Å². The van der Waals surface area contributed by atoms with E-state index in [0.717, 1.165) is 6.20 Å². The molecular formula is C5H8NNaO5S. The normalized spacial score (nSPS) is 8.69. The summed E-state index contributed by atoms with van der Waals surface area (Å²) in [6.45, 7) is 0. The smallest absolute Gasteiger partial charge is 0.744 e. The largest absolute Gasteiger partial charge is 1.00 e. The van der Waals surface area contributed by atoms with Gasteiger partial charge in [-0.05, 0) is 12.1 Å². The zero-order chi connectivity index (χ0) is 7.61. The maximum atomic E-state index is 10.2. The van der Waals surface area contributed by atoms with Crippen LogP contribution in [-0.4, -0.2) is 28.9 Å². The average Bonchev–Trinajstić information content (AvgIpc) is 1.88. The molecule has 0 saturated heterocycles. The number of hydrogen-bond donors (Lipinski definition) is 0. The minimum atomic E-state index is -4.32. The number of hydrogen-bond acceptors (Lipinski definition) is 4. The monoisotopic (exact) mass is 217 g/mol. The molecule has 1 aromatic rings. The molecule has 0 aromatic carbocycles. The van der Waals surface area contributed by atoms with E-state index in [2.05, 4.69) is 4.98 Å². The first-order chi connectivity index (χ1) is 4.61. The molecule has 0 unspecified atom stereocenters. The van der Waals surface area contributed by atoms with E-state index >= 15 is 0 Å². The van der Waals surface area contributed by atoms with Gasteiger partial charge in [0, 0.05) is 12.4 Å². The van der Waals surface area contributed by atoms with Crippen LogP contribution in [0.4, 0.5) is 0 Å². The standard InChI is InChI=1S/C5H5NO3S.Na.2H2O/c7-10(8,9)5-2-1-3-6-4-5;;;/h1-4H,(H,7,8,9);;2*1H2/q;+1;;/p-1. The summed E-state index contributed by atoms with van der Waals surface area (Å²) in [7, 11) is -4.32. The summed E-state index contributed by atoms with van der Waals surface area (Å²) in [5.41, 5.74) is 0. The fourth-order valence-corrected chi connectivity index (χ4v) is 0.930. The Hall–Kier alpha value is -0.0200. The third-order valence-corrected chi connectivity index (χ3v) is 1.74. The van der Waals surface area contributed by atoms with Gasteiger partial charge in [0.05, 0.1) is 4.90 Å². The van der Waals surface area contributed by atoms with Crippen molar-refractivity contribution in [1.82, 2.24) is 4.98 Å². The minimum absolute atomic E-state index is 0. The van der Waals surface area contributed by atoms with Crippen LogP contribution in [0.2, 0.25) is 0 Å². The van der Waals surface area contributed by atoms with Crippen LogP contribution in [0.25, 0.3) is 0 Å². The summed E-state index contributed by atoms with van der Waals surface area (Å²) in [6.07, 6.45) is 2.41. The first-order valence-electron chi connectivity index (χ1n) is 2.46. The first kappa shape index (κ1) is 18.7. The van der Waals surface area contributed by atoms with Crippen LogP contribution in [0.3, 0.4) is 0 Å². The molecule has 0 fully saturated rings. The quantitative estimate of drug-likeness (QED) is 0.345. The van der Waals surface area contributed by atoms with Crippen molar-refractivity contribution < 1.29 is 53.5 Å². The molecule has 8 heteroatoms. The van der Waals surface area contributed by atoms with E-state index in [-0.39, 0.29) is 45.4 Å². The van der Waals surface area contributed by atoms with E-state index in [1.54, 1.807) is 0 Å².